The highest BCUT2D eigenvalue weighted by atomic mass is 35.5. The molecule has 31 heavy (non-hydrogen) atoms. The van der Waals surface area contributed by atoms with Crippen LogP contribution in [0.25, 0.3) is 0 Å². The third-order valence-electron chi connectivity index (χ3n) is 5.51. The summed E-state index contributed by atoms with van der Waals surface area (Å²) >= 11 is 4.56. The second-order valence-corrected chi connectivity index (χ2v) is 9.36. The molecule has 0 saturated carbocycles. The van der Waals surface area contributed by atoms with Gasteiger partial charge < -0.3 is 21.3 Å². The zero-order chi connectivity index (χ0) is 22.4. The van der Waals surface area contributed by atoms with Crippen LogP contribution in [0.15, 0.2) is 0 Å². The molecule has 0 bridgehead atoms. The van der Waals surface area contributed by atoms with Gasteiger partial charge in [0.25, 0.3) is 0 Å². The van der Waals surface area contributed by atoms with Gasteiger partial charge in [0.1, 0.15) is 6.04 Å². The van der Waals surface area contributed by atoms with Crippen LogP contribution in [0.1, 0.15) is 71.6 Å². The molecular weight excluding hydrogens is 436 g/mol. The van der Waals surface area contributed by atoms with Gasteiger partial charge in [-0.1, -0.05) is 26.7 Å². The molecule has 3 unspecified atom stereocenters. The smallest absolute Gasteiger partial charge is 0.242 e. The molecule has 3 atom stereocenters. The summed E-state index contributed by atoms with van der Waals surface area (Å²) in [6, 6.07) is -0.546. The third-order valence-corrected chi connectivity index (χ3v) is 6.05. The zero-order valence-electron chi connectivity index (χ0n) is 19.4. The number of hydrogen-bond acceptors (Lipinski definition) is 5. The first-order chi connectivity index (χ1) is 14.3. The van der Waals surface area contributed by atoms with Crippen LogP contribution in [0.5, 0.6) is 0 Å². The molecule has 0 aromatic carbocycles. The van der Waals surface area contributed by atoms with E-state index in [2.05, 4.69) is 33.9 Å². The molecule has 1 aliphatic heterocycles. The van der Waals surface area contributed by atoms with E-state index in [1.165, 1.54) is 6.42 Å². The lowest BCUT2D eigenvalue weighted by Crippen LogP contribution is -2.50. The molecule has 4 N–H and O–H groups in total. The third kappa shape index (κ3) is 13.2. The van der Waals surface area contributed by atoms with Crippen LogP contribution < -0.4 is 21.3 Å². The molecule has 1 rings (SSSR count). The Labute approximate surface area is 199 Å². The highest BCUT2D eigenvalue weighted by Crippen LogP contribution is 2.23. The number of carbonyl (C=O) groups excluding carboxylic acids is 3. The van der Waals surface area contributed by atoms with Crippen molar-refractivity contribution in [3.8, 4) is 0 Å². The van der Waals surface area contributed by atoms with Crippen molar-refractivity contribution in [1.82, 2.24) is 21.3 Å². The van der Waals surface area contributed by atoms with Crippen molar-refractivity contribution in [3.63, 3.8) is 0 Å². The van der Waals surface area contributed by atoms with Gasteiger partial charge in [0.2, 0.25) is 17.7 Å². The van der Waals surface area contributed by atoms with Crippen LogP contribution in [0.3, 0.4) is 0 Å². The summed E-state index contributed by atoms with van der Waals surface area (Å²) in [6.45, 7) is 6.70. The maximum atomic E-state index is 13.1. The summed E-state index contributed by atoms with van der Waals surface area (Å²) in [4.78, 5) is 37.6. The minimum absolute atomic E-state index is 0. The Kier molecular flexibility index (Phi) is 17.0. The molecule has 1 saturated heterocycles. The Morgan fingerprint density at radius 3 is 2.29 bits per heavy atom. The van der Waals surface area contributed by atoms with Crippen molar-refractivity contribution in [2.75, 3.05) is 26.7 Å². The lowest BCUT2D eigenvalue weighted by Gasteiger charge is -2.27. The highest BCUT2D eigenvalue weighted by Gasteiger charge is 2.31. The highest BCUT2D eigenvalue weighted by molar-refractivity contribution is 7.81. The molecule has 1 aliphatic rings. The summed E-state index contributed by atoms with van der Waals surface area (Å²) in [5.74, 6) is -0.581. The maximum Gasteiger partial charge on any atom is 0.242 e. The van der Waals surface area contributed by atoms with Crippen LogP contribution >= 0.6 is 25.0 Å². The zero-order valence-corrected chi connectivity index (χ0v) is 21.1. The lowest BCUT2D eigenvalue weighted by atomic mass is 9.90. The van der Waals surface area contributed by atoms with E-state index in [9.17, 15) is 14.4 Å². The van der Waals surface area contributed by atoms with E-state index in [-0.39, 0.29) is 42.5 Å². The van der Waals surface area contributed by atoms with E-state index in [0.717, 1.165) is 45.2 Å². The first kappa shape index (κ1) is 30.0. The molecule has 0 spiro atoms. The Bertz CT molecular complexity index is 537. The average Bonchev–Trinajstić information content (AvgIpc) is 2.70. The van der Waals surface area contributed by atoms with Gasteiger partial charge in [-0.3, -0.25) is 14.4 Å². The van der Waals surface area contributed by atoms with Crippen molar-refractivity contribution in [2.45, 2.75) is 82.9 Å². The van der Waals surface area contributed by atoms with E-state index >= 15 is 0 Å². The van der Waals surface area contributed by atoms with Crippen molar-refractivity contribution in [2.24, 2.45) is 11.8 Å². The number of amides is 3. The number of thiol groups is 1. The molecule has 9 heteroatoms. The molecule has 3 amide bonds. The topological polar surface area (TPSA) is 99.3 Å². The van der Waals surface area contributed by atoms with E-state index < -0.39 is 17.2 Å². The molecule has 182 valence electrons. The Morgan fingerprint density at radius 2 is 1.68 bits per heavy atom. The second kappa shape index (κ2) is 17.6. The molecule has 1 fully saturated rings. The van der Waals surface area contributed by atoms with Crippen molar-refractivity contribution >= 4 is 42.8 Å². The molecule has 0 radical (unpaired) electrons. The predicted octanol–water partition coefficient (Wildman–Crippen LogP) is 2.44. The monoisotopic (exact) mass is 478 g/mol. The van der Waals surface area contributed by atoms with Crippen LogP contribution in [-0.2, 0) is 14.4 Å². The second-order valence-electron chi connectivity index (χ2n) is 8.69. The Morgan fingerprint density at radius 1 is 1.06 bits per heavy atom. The number of carbonyl (C=O) groups is 3. The summed E-state index contributed by atoms with van der Waals surface area (Å²) < 4.78 is 0. The molecular formula is C22H43ClN4O3S. The summed E-state index contributed by atoms with van der Waals surface area (Å²) in [7, 11) is 1.58. The molecule has 1 heterocycles. The van der Waals surface area contributed by atoms with Crippen LogP contribution in [0.2, 0.25) is 0 Å². The maximum absolute atomic E-state index is 13.1. The molecule has 0 aliphatic carbocycles. The fourth-order valence-corrected chi connectivity index (χ4v) is 4.14. The van der Waals surface area contributed by atoms with Crippen molar-refractivity contribution in [1.29, 1.82) is 0 Å². The quantitative estimate of drug-likeness (QED) is 0.363. The van der Waals surface area contributed by atoms with Gasteiger partial charge in [-0.2, -0.15) is 12.6 Å². The van der Waals surface area contributed by atoms with Gasteiger partial charge >= 0.3 is 0 Å². The van der Waals surface area contributed by atoms with Gasteiger partial charge in [-0.05, 0) is 57.5 Å². The number of rotatable bonds is 7. The summed E-state index contributed by atoms with van der Waals surface area (Å²) in [6.07, 6.45) is 7.62. The summed E-state index contributed by atoms with van der Waals surface area (Å²) in [5, 5.41) is 11.6. The van der Waals surface area contributed by atoms with Gasteiger partial charge in [0.15, 0.2) is 0 Å². The average molecular weight is 479 g/mol. The van der Waals surface area contributed by atoms with E-state index in [4.69, 9.17) is 0 Å². The fraction of sp³-hybridized carbons (Fsp3) is 0.864. The summed E-state index contributed by atoms with van der Waals surface area (Å²) in [5.41, 5.74) is 0. The predicted molar refractivity (Wildman–Crippen MR) is 132 cm³/mol. The lowest BCUT2D eigenvalue weighted by molar-refractivity contribution is -0.132. The normalized spacial score (nSPS) is 21.1. The van der Waals surface area contributed by atoms with Gasteiger partial charge in [-0.15, -0.1) is 12.4 Å². The van der Waals surface area contributed by atoms with Gasteiger partial charge in [0.05, 0.1) is 5.92 Å². The Balaban J connectivity index is 0.00000900. The van der Waals surface area contributed by atoms with E-state index in [0.29, 0.717) is 19.4 Å². The standard InChI is InChI=1S/C22H42N4O3S.ClH/c1-16(2)14-17(19(30)15-20(27)23-3)21(28)26-18-10-6-9-12-24-11-7-4-5-8-13-25-22(18)29;/h16-19,24,30H,4-15H2,1-3H3,(H,23,27)(H,25,29)(H,26,28);1H. The molecule has 0 aromatic heterocycles. The van der Waals surface area contributed by atoms with E-state index in [1.807, 2.05) is 13.8 Å². The van der Waals surface area contributed by atoms with E-state index in [1.54, 1.807) is 7.05 Å². The number of halogens is 1. The largest absolute Gasteiger partial charge is 0.359 e. The first-order valence-corrected chi connectivity index (χ1v) is 12.0. The van der Waals surface area contributed by atoms with Crippen LogP contribution in [-0.4, -0.2) is 55.7 Å². The fourth-order valence-electron chi connectivity index (χ4n) is 3.72. The van der Waals surface area contributed by atoms with Crippen molar-refractivity contribution < 1.29 is 14.4 Å². The first-order valence-electron chi connectivity index (χ1n) is 11.5. The minimum Gasteiger partial charge on any atom is -0.359 e. The molecule has 7 nitrogen and oxygen atoms in total. The minimum atomic E-state index is -0.546. The van der Waals surface area contributed by atoms with Gasteiger partial charge in [-0.25, -0.2) is 0 Å². The van der Waals surface area contributed by atoms with Crippen LogP contribution in [0.4, 0.5) is 0 Å². The number of nitrogens with one attached hydrogen (secondary N) is 4. The van der Waals surface area contributed by atoms with Crippen LogP contribution in [0, 0.1) is 11.8 Å². The Hall–Kier alpha value is -0.990. The molecule has 0 aromatic rings. The SMILES string of the molecule is CNC(=O)CC(S)C(CC(C)C)C(=O)NC1CCCCNCCCCCCNC1=O.Cl. The number of hydrogen-bond donors (Lipinski definition) is 5. The van der Waals surface area contributed by atoms with Gasteiger partial charge in [0, 0.05) is 25.3 Å². The van der Waals surface area contributed by atoms with Crippen molar-refractivity contribution in [3.05, 3.63) is 0 Å².